The molecule has 0 aliphatic heterocycles. The van der Waals surface area contributed by atoms with E-state index in [2.05, 4.69) is 6.07 Å². The van der Waals surface area contributed by atoms with Gasteiger partial charge in [-0.15, -0.1) is 0 Å². The molecule has 0 fully saturated rings. The summed E-state index contributed by atoms with van der Waals surface area (Å²) in [4.78, 5) is 12.5. The quantitative estimate of drug-likeness (QED) is 0.170. The maximum Gasteiger partial charge on any atom is 0.311 e. The minimum atomic E-state index is -0.391. The summed E-state index contributed by atoms with van der Waals surface area (Å²) in [7, 11) is 6.23. The first-order chi connectivity index (χ1) is 17.0. The van der Waals surface area contributed by atoms with Crippen LogP contribution < -0.4 is 23.7 Å². The summed E-state index contributed by atoms with van der Waals surface area (Å²) in [5, 5.41) is 9.62. The first-order valence-corrected chi connectivity index (χ1v) is 10.9. The van der Waals surface area contributed by atoms with Gasteiger partial charge in [-0.25, -0.2) is 0 Å². The smallest absolute Gasteiger partial charge is 0.311 e. The third kappa shape index (κ3) is 6.55. The van der Waals surface area contributed by atoms with E-state index in [0.29, 0.717) is 40.7 Å². The highest BCUT2D eigenvalue weighted by Crippen LogP contribution is 2.31. The maximum atomic E-state index is 12.5. The number of carbonyl (C=O) groups excluding carboxylic acids is 1. The van der Waals surface area contributed by atoms with Crippen LogP contribution in [-0.2, 0) is 11.2 Å². The first kappa shape index (κ1) is 25.2. The van der Waals surface area contributed by atoms with Crippen LogP contribution in [0.3, 0.4) is 0 Å². The van der Waals surface area contributed by atoms with E-state index in [1.165, 1.54) is 7.11 Å². The Balaban J connectivity index is 1.70. The molecule has 0 saturated heterocycles. The lowest BCUT2D eigenvalue weighted by Gasteiger charge is -2.11. The van der Waals surface area contributed by atoms with E-state index >= 15 is 0 Å². The number of methoxy groups -OCH3 is 4. The average molecular weight is 474 g/mol. The van der Waals surface area contributed by atoms with Crippen molar-refractivity contribution in [2.24, 2.45) is 0 Å². The number of benzene rings is 3. The summed E-state index contributed by atoms with van der Waals surface area (Å²) in [6.07, 6.45) is 2.40. The second-order valence-corrected chi connectivity index (χ2v) is 7.47. The summed E-state index contributed by atoms with van der Waals surface area (Å²) in [6, 6.07) is 20.1. The summed E-state index contributed by atoms with van der Waals surface area (Å²) in [6.45, 7) is 0. The molecule has 0 aliphatic rings. The van der Waals surface area contributed by atoms with Gasteiger partial charge < -0.3 is 23.7 Å². The number of esters is 1. The Morgan fingerprint density at radius 2 is 1.46 bits per heavy atom. The minimum absolute atomic E-state index is 0.177. The molecule has 35 heavy (non-hydrogen) atoms. The van der Waals surface area contributed by atoms with Crippen molar-refractivity contribution in [3.05, 3.63) is 77.4 Å². The van der Waals surface area contributed by atoms with Gasteiger partial charge in [-0.05, 0) is 77.7 Å². The lowest BCUT2D eigenvalue weighted by atomic mass is 10.0. The van der Waals surface area contributed by atoms with Crippen LogP contribution in [0, 0.1) is 11.3 Å². The van der Waals surface area contributed by atoms with Crippen LogP contribution in [0.25, 0.3) is 11.6 Å². The molecule has 0 spiro atoms. The van der Waals surface area contributed by atoms with Gasteiger partial charge in [0, 0.05) is 6.42 Å². The van der Waals surface area contributed by atoms with Crippen molar-refractivity contribution < 1.29 is 28.5 Å². The van der Waals surface area contributed by atoms with Crippen molar-refractivity contribution in [2.45, 2.75) is 12.8 Å². The zero-order chi connectivity index (χ0) is 25.2. The van der Waals surface area contributed by atoms with Crippen molar-refractivity contribution in [1.82, 2.24) is 0 Å². The number of nitriles is 1. The predicted octanol–water partition coefficient (Wildman–Crippen LogP) is 5.32. The molecule has 7 nitrogen and oxygen atoms in total. The van der Waals surface area contributed by atoms with Crippen LogP contribution in [0.15, 0.2) is 60.7 Å². The van der Waals surface area contributed by atoms with E-state index in [1.54, 1.807) is 63.8 Å². The van der Waals surface area contributed by atoms with Gasteiger partial charge in [-0.1, -0.05) is 12.1 Å². The predicted molar refractivity (Wildman–Crippen MR) is 133 cm³/mol. The van der Waals surface area contributed by atoms with E-state index < -0.39 is 5.97 Å². The van der Waals surface area contributed by atoms with Gasteiger partial charge in [-0.2, -0.15) is 5.26 Å². The molecule has 7 heteroatoms. The van der Waals surface area contributed by atoms with Crippen molar-refractivity contribution >= 4 is 17.6 Å². The number of aryl methyl sites for hydroxylation is 1. The number of hydrogen-bond acceptors (Lipinski definition) is 7. The molecule has 3 rings (SSSR count). The van der Waals surface area contributed by atoms with Crippen molar-refractivity contribution in [3.63, 3.8) is 0 Å². The monoisotopic (exact) mass is 473 g/mol. The summed E-state index contributed by atoms with van der Waals surface area (Å²) in [5.41, 5.74) is 2.90. The highest BCUT2D eigenvalue weighted by molar-refractivity contribution is 5.90. The lowest BCUT2D eigenvalue weighted by Crippen LogP contribution is -2.10. The molecule has 0 atom stereocenters. The summed E-state index contributed by atoms with van der Waals surface area (Å²) < 4.78 is 26.7. The first-order valence-electron chi connectivity index (χ1n) is 10.9. The Hall–Kier alpha value is -4.44. The number of carbonyl (C=O) groups is 1. The molecular weight excluding hydrogens is 446 g/mol. The largest absolute Gasteiger partial charge is 0.497 e. The third-order valence-corrected chi connectivity index (χ3v) is 5.31. The molecule has 0 aliphatic carbocycles. The normalized spacial score (nSPS) is 10.8. The van der Waals surface area contributed by atoms with Gasteiger partial charge >= 0.3 is 5.97 Å². The van der Waals surface area contributed by atoms with Gasteiger partial charge in [-0.3, -0.25) is 4.79 Å². The Morgan fingerprint density at radius 3 is 2.09 bits per heavy atom. The molecule has 0 amide bonds. The Bertz CT molecular complexity index is 1240. The zero-order valence-electron chi connectivity index (χ0n) is 20.2. The topological polar surface area (TPSA) is 87.0 Å². The van der Waals surface area contributed by atoms with Gasteiger partial charge in [0.25, 0.3) is 0 Å². The van der Waals surface area contributed by atoms with Crippen molar-refractivity contribution in [1.29, 1.82) is 5.26 Å². The molecular formula is C28H27NO6. The maximum absolute atomic E-state index is 12.5. The molecule has 0 aromatic heterocycles. The number of hydrogen-bond donors (Lipinski definition) is 0. The molecule has 3 aromatic carbocycles. The van der Waals surface area contributed by atoms with Crippen LogP contribution >= 0.6 is 0 Å². The third-order valence-electron chi connectivity index (χ3n) is 5.31. The zero-order valence-corrected chi connectivity index (χ0v) is 20.2. The summed E-state index contributed by atoms with van der Waals surface area (Å²) >= 11 is 0. The van der Waals surface area contributed by atoms with Crippen LogP contribution in [0.1, 0.15) is 23.1 Å². The van der Waals surface area contributed by atoms with E-state index in [4.69, 9.17) is 23.7 Å². The Kier molecular flexibility index (Phi) is 8.74. The molecule has 180 valence electrons. The highest BCUT2D eigenvalue weighted by atomic mass is 16.6. The SMILES string of the molecule is COc1ccc(/C(C#N)=C\c2ccc(OC(=O)CCc3ccc(OC)c(OC)c3)c(OC)c2)cc1. The number of nitrogens with zero attached hydrogens (tertiary/aromatic N) is 1. The fraction of sp³-hybridized carbons (Fsp3) is 0.214. The minimum Gasteiger partial charge on any atom is -0.497 e. The van der Waals surface area contributed by atoms with Gasteiger partial charge in [0.2, 0.25) is 0 Å². The van der Waals surface area contributed by atoms with Crippen LogP contribution in [0.5, 0.6) is 28.7 Å². The lowest BCUT2D eigenvalue weighted by molar-refractivity contribution is -0.134. The molecule has 0 radical (unpaired) electrons. The van der Waals surface area contributed by atoms with Crippen molar-refractivity contribution in [3.8, 4) is 34.8 Å². The molecule has 0 saturated carbocycles. The number of rotatable bonds is 10. The molecule has 0 N–H and O–H groups in total. The number of ether oxygens (including phenoxy) is 5. The van der Waals surface area contributed by atoms with E-state index in [0.717, 1.165) is 16.7 Å². The van der Waals surface area contributed by atoms with E-state index in [1.807, 2.05) is 24.3 Å². The van der Waals surface area contributed by atoms with Crippen molar-refractivity contribution in [2.75, 3.05) is 28.4 Å². The number of allylic oxidation sites excluding steroid dienone is 1. The van der Waals surface area contributed by atoms with Gasteiger partial charge in [0.1, 0.15) is 5.75 Å². The fourth-order valence-electron chi connectivity index (χ4n) is 3.43. The molecule has 3 aromatic rings. The molecule has 0 bridgehead atoms. The Morgan fingerprint density at radius 1 is 0.800 bits per heavy atom. The average Bonchev–Trinajstić information content (AvgIpc) is 2.91. The second-order valence-electron chi connectivity index (χ2n) is 7.47. The van der Waals surface area contributed by atoms with Gasteiger partial charge in [0.05, 0.1) is 40.1 Å². The highest BCUT2D eigenvalue weighted by Gasteiger charge is 2.13. The fourth-order valence-corrected chi connectivity index (χ4v) is 3.43. The van der Waals surface area contributed by atoms with E-state index in [9.17, 15) is 10.1 Å². The second kappa shape index (κ2) is 12.1. The van der Waals surface area contributed by atoms with E-state index in [-0.39, 0.29) is 6.42 Å². The van der Waals surface area contributed by atoms with Crippen LogP contribution in [0.2, 0.25) is 0 Å². The standard InChI is InChI=1S/C28H27NO6/c1-31-23-10-8-21(9-11-23)22(18-29)15-20-6-13-25(27(17-20)34-4)35-28(30)14-7-19-5-12-24(32-2)26(16-19)33-3/h5-6,8-13,15-17H,7,14H2,1-4H3/b22-15-. The van der Waals surface area contributed by atoms with Gasteiger partial charge in [0.15, 0.2) is 23.0 Å². The molecule has 0 unspecified atom stereocenters. The summed E-state index contributed by atoms with van der Waals surface area (Å²) in [5.74, 6) is 2.26. The van der Waals surface area contributed by atoms with Crippen LogP contribution in [0.4, 0.5) is 0 Å². The Labute approximate surface area is 205 Å². The van der Waals surface area contributed by atoms with Crippen LogP contribution in [-0.4, -0.2) is 34.4 Å². The molecule has 0 heterocycles.